The fourth-order valence-electron chi connectivity index (χ4n) is 1.85. The molecule has 0 aliphatic carbocycles. The predicted octanol–water partition coefficient (Wildman–Crippen LogP) is 0.867. The molecule has 0 bridgehead atoms. The van der Waals surface area contributed by atoms with Gasteiger partial charge in [0, 0.05) is 0 Å². The number of hydrogen-bond donors (Lipinski definition) is 2. The Balaban J connectivity index is 1.84. The van der Waals surface area contributed by atoms with Crippen LogP contribution in [0.25, 0.3) is 0 Å². The van der Waals surface area contributed by atoms with Gasteiger partial charge in [0.05, 0.1) is 0 Å². The first-order chi connectivity index (χ1) is 9.85. The number of aliphatic hydroxyl groups is 2. The van der Waals surface area contributed by atoms with Crippen molar-refractivity contribution in [1.82, 2.24) is 0 Å². The normalized spacial score (nSPS) is 10.7. The summed E-state index contributed by atoms with van der Waals surface area (Å²) in [6, 6.07) is 16.3. The Morgan fingerprint density at radius 1 is 0.650 bits per heavy atom. The van der Waals surface area contributed by atoms with Gasteiger partial charge in [0.1, 0.15) is 0 Å². The van der Waals surface area contributed by atoms with Gasteiger partial charge in [0.25, 0.3) is 0 Å². The number of aliphatic hydroxyl groups excluding tert-OH is 2. The molecule has 0 spiro atoms. The second kappa shape index (κ2) is 8.63. The molecule has 0 aromatic heterocycles. The third-order valence-corrected chi connectivity index (χ3v) is 8.88. The van der Waals surface area contributed by atoms with Crippen LogP contribution in [0.1, 0.15) is 11.1 Å². The average molecular weight is 400 g/mol. The summed E-state index contributed by atoms with van der Waals surface area (Å²) < 4.78 is 2.63. The van der Waals surface area contributed by atoms with Crippen LogP contribution in [0, 0.1) is 0 Å². The van der Waals surface area contributed by atoms with E-state index in [0.717, 1.165) is 11.1 Å². The molecule has 4 heteroatoms. The van der Waals surface area contributed by atoms with E-state index in [9.17, 15) is 10.2 Å². The Labute approximate surface area is 132 Å². The molecule has 2 rings (SSSR count). The zero-order valence-electron chi connectivity index (χ0n) is 11.2. The molecule has 0 saturated carbocycles. The van der Waals surface area contributed by atoms with Gasteiger partial charge in [0.15, 0.2) is 0 Å². The molecular formula is C16H18O2Se2. The van der Waals surface area contributed by atoms with Gasteiger partial charge in [-0.3, -0.25) is 0 Å². The van der Waals surface area contributed by atoms with Crippen molar-refractivity contribution in [3.8, 4) is 0 Å². The van der Waals surface area contributed by atoms with Crippen LogP contribution in [0.5, 0.6) is 0 Å². The van der Waals surface area contributed by atoms with Crippen LogP contribution in [-0.2, 0) is 13.2 Å². The summed E-state index contributed by atoms with van der Waals surface area (Å²) in [5.74, 6) is 0. The molecule has 0 radical (unpaired) electrons. The third kappa shape index (κ3) is 4.46. The van der Waals surface area contributed by atoms with Crippen molar-refractivity contribution in [2.45, 2.75) is 23.9 Å². The van der Waals surface area contributed by atoms with E-state index in [2.05, 4.69) is 12.1 Å². The van der Waals surface area contributed by atoms with E-state index < -0.39 is 0 Å². The van der Waals surface area contributed by atoms with Crippen molar-refractivity contribution in [3.63, 3.8) is 0 Å². The summed E-state index contributed by atoms with van der Waals surface area (Å²) in [4.78, 5) is 0. The van der Waals surface area contributed by atoms with E-state index in [1.807, 2.05) is 36.4 Å². The molecule has 0 fully saturated rings. The van der Waals surface area contributed by atoms with E-state index in [-0.39, 0.29) is 13.2 Å². The molecule has 2 aromatic rings. The Morgan fingerprint density at radius 2 is 1.05 bits per heavy atom. The van der Waals surface area contributed by atoms with Crippen LogP contribution in [0.3, 0.4) is 0 Å². The predicted molar refractivity (Wildman–Crippen MR) is 85.1 cm³/mol. The minimum absolute atomic E-state index is 0.135. The van der Waals surface area contributed by atoms with Crippen molar-refractivity contribution >= 4 is 38.8 Å². The fraction of sp³-hybridized carbons (Fsp3) is 0.250. The van der Waals surface area contributed by atoms with Crippen molar-refractivity contribution in [3.05, 3.63) is 59.7 Å². The van der Waals surface area contributed by atoms with Crippen LogP contribution in [-0.4, -0.2) is 40.1 Å². The van der Waals surface area contributed by atoms with Gasteiger partial charge in [0.2, 0.25) is 0 Å². The monoisotopic (exact) mass is 402 g/mol. The quantitative estimate of drug-likeness (QED) is 0.535. The van der Waals surface area contributed by atoms with Gasteiger partial charge in [-0.05, 0) is 0 Å². The van der Waals surface area contributed by atoms with Crippen LogP contribution < -0.4 is 8.92 Å². The van der Waals surface area contributed by atoms with E-state index in [1.54, 1.807) is 0 Å². The van der Waals surface area contributed by atoms with Crippen LogP contribution in [0.15, 0.2) is 48.5 Å². The van der Waals surface area contributed by atoms with Crippen LogP contribution in [0.2, 0.25) is 10.6 Å². The molecule has 20 heavy (non-hydrogen) atoms. The number of benzene rings is 2. The van der Waals surface area contributed by atoms with Crippen LogP contribution >= 0.6 is 0 Å². The summed E-state index contributed by atoms with van der Waals surface area (Å²) in [5.41, 5.74) is 2.13. The summed E-state index contributed by atoms with van der Waals surface area (Å²) in [7, 11) is 0. The topological polar surface area (TPSA) is 40.5 Å². The van der Waals surface area contributed by atoms with Crippen molar-refractivity contribution in [2.24, 2.45) is 0 Å². The van der Waals surface area contributed by atoms with Gasteiger partial charge >= 0.3 is 133 Å². The molecular weight excluding hydrogens is 382 g/mol. The van der Waals surface area contributed by atoms with Crippen LogP contribution in [0.4, 0.5) is 0 Å². The van der Waals surface area contributed by atoms with Gasteiger partial charge in [-0.15, -0.1) is 0 Å². The second-order valence-corrected chi connectivity index (χ2v) is 9.00. The maximum absolute atomic E-state index is 9.31. The summed E-state index contributed by atoms with van der Waals surface area (Å²) in [6.45, 7) is 0.271. The molecule has 0 heterocycles. The van der Waals surface area contributed by atoms with Gasteiger partial charge in [-0.2, -0.15) is 0 Å². The molecule has 2 N–H and O–H groups in total. The maximum atomic E-state index is 9.31. The summed E-state index contributed by atoms with van der Waals surface area (Å²) in [6.07, 6.45) is 0. The minimum atomic E-state index is 0.135. The average Bonchev–Trinajstić information content (AvgIpc) is 2.52. The Kier molecular flexibility index (Phi) is 6.81. The van der Waals surface area contributed by atoms with E-state index >= 15 is 0 Å². The Morgan fingerprint density at radius 3 is 1.45 bits per heavy atom. The Bertz CT molecular complexity index is 494. The zero-order valence-corrected chi connectivity index (χ0v) is 14.6. The molecule has 106 valence electrons. The van der Waals surface area contributed by atoms with Gasteiger partial charge in [-0.25, -0.2) is 0 Å². The van der Waals surface area contributed by atoms with Crippen molar-refractivity contribution in [2.75, 3.05) is 0 Å². The fourth-order valence-corrected chi connectivity index (χ4v) is 7.01. The molecule has 0 amide bonds. The van der Waals surface area contributed by atoms with E-state index in [4.69, 9.17) is 0 Å². The Hall–Kier alpha value is -0.601. The zero-order chi connectivity index (χ0) is 14.2. The van der Waals surface area contributed by atoms with Gasteiger partial charge in [-0.1, -0.05) is 0 Å². The van der Waals surface area contributed by atoms with Crippen molar-refractivity contribution < 1.29 is 10.2 Å². The second-order valence-electron chi connectivity index (χ2n) is 4.23. The molecule has 0 atom stereocenters. The first-order valence-corrected chi connectivity index (χ1v) is 10.6. The van der Waals surface area contributed by atoms with Gasteiger partial charge < -0.3 is 0 Å². The first kappa shape index (κ1) is 15.8. The molecule has 2 aromatic carbocycles. The third-order valence-electron chi connectivity index (χ3n) is 2.88. The SMILES string of the molecule is OCc1ccccc1[Se]CC[Se]c1ccccc1CO. The molecule has 0 saturated heterocycles. The summed E-state index contributed by atoms with van der Waals surface area (Å²) >= 11 is 0.852. The summed E-state index contributed by atoms with van der Waals surface area (Å²) in [5, 5.41) is 21.0. The van der Waals surface area contributed by atoms with E-state index in [1.165, 1.54) is 19.6 Å². The number of hydrogen-bond acceptors (Lipinski definition) is 2. The molecule has 2 nitrogen and oxygen atoms in total. The molecule has 0 unspecified atom stereocenters. The molecule has 0 aliphatic rings. The molecule has 0 aliphatic heterocycles. The first-order valence-electron chi connectivity index (χ1n) is 6.48. The number of rotatable bonds is 7. The van der Waals surface area contributed by atoms with E-state index in [0.29, 0.717) is 29.9 Å². The van der Waals surface area contributed by atoms with Crippen molar-refractivity contribution in [1.29, 1.82) is 0 Å². The standard InChI is InChI=1S/C16H18O2Se2/c17-11-13-5-1-3-7-15(13)19-9-10-20-16-8-4-2-6-14(16)12-18/h1-8,17-18H,9-12H2.